The van der Waals surface area contributed by atoms with Crippen molar-refractivity contribution in [3.63, 3.8) is 0 Å². The molecule has 0 bridgehead atoms. The van der Waals surface area contributed by atoms with E-state index >= 15 is 0 Å². The highest BCUT2D eigenvalue weighted by atomic mass is 32.2. The summed E-state index contributed by atoms with van der Waals surface area (Å²) in [7, 11) is 1.29. The molecule has 12 heteroatoms. The summed E-state index contributed by atoms with van der Waals surface area (Å²) in [6.45, 7) is 1.71. The Kier molecular flexibility index (Phi) is 5.40. The molecule has 0 aliphatic rings. The fourth-order valence-corrected chi connectivity index (χ4v) is 3.90. The van der Waals surface area contributed by atoms with Gasteiger partial charge in [0, 0.05) is 0 Å². The Balaban J connectivity index is 1.57. The topological polar surface area (TPSA) is 120 Å². The molecular formula is C13H11N5O4S3. The van der Waals surface area contributed by atoms with E-state index in [1.807, 2.05) is 0 Å². The molecule has 0 saturated carbocycles. The Hall–Kier alpha value is -2.31. The van der Waals surface area contributed by atoms with Gasteiger partial charge in [0.2, 0.25) is 10.9 Å². The van der Waals surface area contributed by atoms with Gasteiger partial charge in [-0.25, -0.2) is 4.79 Å². The summed E-state index contributed by atoms with van der Waals surface area (Å²) in [5.74, 6) is 0.394. The molecule has 3 heterocycles. The van der Waals surface area contributed by atoms with Gasteiger partial charge in [-0.2, -0.15) is 0 Å². The minimum atomic E-state index is -0.523. The smallest absolute Gasteiger partial charge is 0.373 e. The van der Waals surface area contributed by atoms with Gasteiger partial charge in [-0.3, -0.25) is 10.1 Å². The van der Waals surface area contributed by atoms with E-state index in [9.17, 15) is 9.59 Å². The fourth-order valence-electron chi connectivity index (χ4n) is 1.71. The van der Waals surface area contributed by atoms with Crippen LogP contribution in [-0.2, 0) is 10.5 Å². The largest absolute Gasteiger partial charge is 0.463 e. The molecule has 3 rings (SSSR count). The normalized spacial score (nSPS) is 10.6. The van der Waals surface area contributed by atoms with Crippen LogP contribution >= 0.6 is 34.6 Å². The first-order valence-corrected chi connectivity index (χ1v) is 9.38. The second-order valence-electron chi connectivity index (χ2n) is 4.56. The number of nitrogens with one attached hydrogen (secondary N) is 1. The number of methoxy groups -OCH3 is 1. The van der Waals surface area contributed by atoms with Crippen molar-refractivity contribution in [3.8, 4) is 0 Å². The van der Waals surface area contributed by atoms with Crippen molar-refractivity contribution in [2.45, 2.75) is 17.0 Å². The first-order chi connectivity index (χ1) is 12.1. The number of furan rings is 1. The van der Waals surface area contributed by atoms with Gasteiger partial charge in [-0.05, 0) is 30.6 Å². The molecule has 3 aromatic rings. The molecule has 0 aliphatic heterocycles. The maximum Gasteiger partial charge on any atom is 0.373 e. The molecular weight excluding hydrogens is 386 g/mol. The summed E-state index contributed by atoms with van der Waals surface area (Å²) < 4.78 is 14.3. The monoisotopic (exact) mass is 397 g/mol. The molecule has 25 heavy (non-hydrogen) atoms. The number of esters is 1. The van der Waals surface area contributed by atoms with Crippen LogP contribution in [0, 0.1) is 6.92 Å². The molecule has 1 N–H and O–H groups in total. The highest BCUT2D eigenvalue weighted by Crippen LogP contribution is 2.29. The van der Waals surface area contributed by atoms with Crippen molar-refractivity contribution in [2.75, 3.05) is 12.4 Å². The number of aromatic nitrogens is 4. The van der Waals surface area contributed by atoms with Crippen LogP contribution in [0.15, 0.2) is 20.9 Å². The molecule has 0 aliphatic carbocycles. The van der Waals surface area contributed by atoms with Crippen LogP contribution in [0.5, 0.6) is 0 Å². The molecule has 9 nitrogen and oxygen atoms in total. The van der Waals surface area contributed by atoms with Crippen LogP contribution in [-0.4, -0.2) is 38.8 Å². The van der Waals surface area contributed by atoms with Gasteiger partial charge in [-0.15, -0.1) is 15.3 Å². The summed E-state index contributed by atoms with van der Waals surface area (Å²) in [5, 5.41) is 14.8. The molecule has 0 fully saturated rings. The quantitative estimate of drug-likeness (QED) is 0.380. The second-order valence-corrected chi connectivity index (χ2v) is 7.52. The number of ether oxygens (including phenoxy) is 1. The Morgan fingerprint density at radius 3 is 2.88 bits per heavy atom. The summed E-state index contributed by atoms with van der Waals surface area (Å²) in [5.41, 5.74) is 0.570. The molecule has 0 unspecified atom stereocenters. The summed E-state index contributed by atoms with van der Waals surface area (Å²) >= 11 is 3.65. The molecule has 3 aromatic heterocycles. The number of carbonyl (C=O) groups is 2. The van der Waals surface area contributed by atoms with E-state index in [1.54, 1.807) is 19.1 Å². The van der Waals surface area contributed by atoms with Crippen molar-refractivity contribution < 1.29 is 18.7 Å². The molecule has 0 aromatic carbocycles. The summed E-state index contributed by atoms with van der Waals surface area (Å²) in [6, 6.07) is 3.25. The van der Waals surface area contributed by atoms with E-state index in [4.69, 9.17) is 4.42 Å². The maximum absolute atomic E-state index is 12.1. The minimum Gasteiger partial charge on any atom is -0.463 e. The second kappa shape index (κ2) is 7.72. The lowest BCUT2D eigenvalue weighted by atomic mass is 10.4. The van der Waals surface area contributed by atoms with Crippen LogP contribution in [0.25, 0.3) is 0 Å². The van der Waals surface area contributed by atoms with Crippen LogP contribution in [0.1, 0.15) is 31.7 Å². The molecule has 1 amide bonds. The van der Waals surface area contributed by atoms with Gasteiger partial charge >= 0.3 is 5.97 Å². The predicted molar refractivity (Wildman–Crippen MR) is 92.1 cm³/mol. The number of hydrogen-bond donors (Lipinski definition) is 1. The number of thioether (sulfide) groups is 1. The molecule has 0 radical (unpaired) electrons. The number of aryl methyl sites for hydroxylation is 1. The third kappa shape index (κ3) is 4.21. The van der Waals surface area contributed by atoms with Crippen LogP contribution in [0.3, 0.4) is 0 Å². The Labute approximate surface area is 154 Å². The lowest BCUT2D eigenvalue weighted by molar-refractivity contribution is 0.0563. The van der Waals surface area contributed by atoms with Crippen molar-refractivity contribution in [2.24, 2.45) is 0 Å². The standard InChI is InChI=1S/C13H11N5O4S3/c1-6-9(25-18-15-6)10(19)14-12-16-17-13(24-12)23-5-7-3-4-8(22-7)11(20)21-2/h3-4H,5H2,1-2H3,(H,14,16,19). The first-order valence-electron chi connectivity index (χ1n) is 6.80. The fraction of sp³-hybridized carbons (Fsp3) is 0.231. The lowest BCUT2D eigenvalue weighted by Crippen LogP contribution is -2.11. The maximum atomic E-state index is 12.1. The molecule has 0 atom stereocenters. The van der Waals surface area contributed by atoms with Gasteiger partial charge in [0.25, 0.3) is 5.91 Å². The SMILES string of the molecule is COC(=O)c1ccc(CSc2nnc(NC(=O)c3snnc3C)s2)o1. The highest BCUT2D eigenvalue weighted by Gasteiger charge is 2.16. The van der Waals surface area contributed by atoms with Crippen LogP contribution < -0.4 is 5.32 Å². The number of rotatable bonds is 6. The van der Waals surface area contributed by atoms with Crippen LogP contribution in [0.4, 0.5) is 5.13 Å². The van der Waals surface area contributed by atoms with E-state index in [0.717, 1.165) is 11.5 Å². The number of hydrogen-bond acceptors (Lipinski definition) is 11. The van der Waals surface area contributed by atoms with Crippen molar-refractivity contribution >= 4 is 51.6 Å². The van der Waals surface area contributed by atoms with Crippen LogP contribution in [0.2, 0.25) is 0 Å². The zero-order valence-electron chi connectivity index (χ0n) is 13.0. The van der Waals surface area contributed by atoms with E-state index in [2.05, 4.69) is 29.8 Å². The van der Waals surface area contributed by atoms with Gasteiger partial charge in [0.15, 0.2) is 4.34 Å². The zero-order chi connectivity index (χ0) is 17.8. The number of amides is 1. The van der Waals surface area contributed by atoms with E-state index < -0.39 is 5.97 Å². The highest BCUT2D eigenvalue weighted by molar-refractivity contribution is 8.00. The Bertz CT molecular complexity index is 903. The van der Waals surface area contributed by atoms with Crippen molar-refractivity contribution in [1.29, 1.82) is 0 Å². The average Bonchev–Trinajstić information content (AvgIpc) is 3.33. The number of carbonyl (C=O) groups excluding carboxylic acids is 2. The van der Waals surface area contributed by atoms with Crippen molar-refractivity contribution in [1.82, 2.24) is 19.8 Å². The average molecular weight is 397 g/mol. The number of anilines is 1. The van der Waals surface area contributed by atoms with Gasteiger partial charge in [0.05, 0.1) is 18.6 Å². The Morgan fingerprint density at radius 1 is 1.32 bits per heavy atom. The van der Waals surface area contributed by atoms with E-state index in [1.165, 1.54) is 30.2 Å². The van der Waals surface area contributed by atoms with Crippen molar-refractivity contribution in [3.05, 3.63) is 34.2 Å². The zero-order valence-corrected chi connectivity index (χ0v) is 15.5. The van der Waals surface area contributed by atoms with E-state index in [-0.39, 0.29) is 11.7 Å². The number of nitrogens with zero attached hydrogens (tertiary/aromatic N) is 4. The van der Waals surface area contributed by atoms with Gasteiger partial charge in [-0.1, -0.05) is 27.6 Å². The van der Waals surface area contributed by atoms with E-state index in [0.29, 0.717) is 31.6 Å². The third-order valence-corrected chi connectivity index (χ3v) is 5.69. The summed E-state index contributed by atoms with van der Waals surface area (Å²) in [4.78, 5) is 23.8. The molecule has 0 spiro atoms. The van der Waals surface area contributed by atoms with Gasteiger partial charge in [0.1, 0.15) is 10.6 Å². The predicted octanol–water partition coefficient (Wildman–Crippen LogP) is 2.62. The third-order valence-electron chi connectivity index (χ3n) is 2.87. The summed E-state index contributed by atoms with van der Waals surface area (Å²) in [6.07, 6.45) is 0. The van der Waals surface area contributed by atoms with Gasteiger partial charge < -0.3 is 9.15 Å². The minimum absolute atomic E-state index is 0.150. The lowest BCUT2D eigenvalue weighted by Gasteiger charge is -1.97. The molecule has 0 saturated heterocycles. The molecule has 130 valence electrons. The Morgan fingerprint density at radius 2 is 2.16 bits per heavy atom. The first kappa shape index (κ1) is 17.5.